The molecular weight excluding hydrogens is 250 g/mol. The lowest BCUT2D eigenvalue weighted by Crippen LogP contribution is -2.25. The molecule has 0 saturated heterocycles. The number of amides is 1. The predicted octanol–water partition coefficient (Wildman–Crippen LogP) is 2.46. The Kier molecular flexibility index (Phi) is 4.35. The molecule has 1 amide bonds. The fourth-order valence-corrected chi connectivity index (χ4v) is 2.10. The van der Waals surface area contributed by atoms with Gasteiger partial charge in [0.25, 0.3) is 5.91 Å². The summed E-state index contributed by atoms with van der Waals surface area (Å²) in [5, 5.41) is 2.87. The summed E-state index contributed by atoms with van der Waals surface area (Å²) >= 11 is 0. The minimum Gasteiger partial charge on any atom is -0.398 e. The number of hydrogen-bond donors (Lipinski definition) is 2. The van der Waals surface area contributed by atoms with E-state index in [-0.39, 0.29) is 5.91 Å². The Morgan fingerprint density at radius 1 is 1.35 bits per heavy atom. The average Bonchev–Trinajstić information content (AvgIpc) is 2.45. The van der Waals surface area contributed by atoms with Crippen molar-refractivity contribution in [3.8, 4) is 0 Å². The lowest BCUT2D eigenvalue weighted by Gasteiger charge is -2.10. The number of anilines is 1. The van der Waals surface area contributed by atoms with E-state index in [0.717, 1.165) is 23.2 Å². The molecule has 1 heterocycles. The summed E-state index contributed by atoms with van der Waals surface area (Å²) in [6, 6.07) is 9.35. The molecule has 0 aliphatic heterocycles. The Morgan fingerprint density at radius 3 is 2.85 bits per heavy atom. The van der Waals surface area contributed by atoms with Crippen LogP contribution < -0.4 is 11.1 Å². The van der Waals surface area contributed by atoms with Gasteiger partial charge in [0.1, 0.15) is 0 Å². The second-order valence-electron chi connectivity index (χ2n) is 4.74. The lowest BCUT2D eigenvalue weighted by molar-refractivity contribution is 0.0951. The molecule has 0 aliphatic carbocycles. The van der Waals surface area contributed by atoms with Crippen molar-refractivity contribution in [3.63, 3.8) is 0 Å². The first-order valence-corrected chi connectivity index (χ1v) is 6.69. The Hall–Kier alpha value is -2.36. The van der Waals surface area contributed by atoms with E-state index in [1.807, 2.05) is 25.1 Å². The molecule has 0 saturated carbocycles. The summed E-state index contributed by atoms with van der Waals surface area (Å²) in [5.41, 5.74) is 9.95. The number of nitrogen functional groups attached to an aromatic ring is 1. The summed E-state index contributed by atoms with van der Waals surface area (Å²) in [6.45, 7) is 4.43. The van der Waals surface area contributed by atoms with Crippen LogP contribution in [0.15, 0.2) is 36.5 Å². The van der Waals surface area contributed by atoms with Crippen LogP contribution in [0.2, 0.25) is 0 Å². The van der Waals surface area contributed by atoms with Gasteiger partial charge in [-0.05, 0) is 42.7 Å². The second kappa shape index (κ2) is 6.19. The van der Waals surface area contributed by atoms with Gasteiger partial charge in [-0.25, -0.2) is 0 Å². The summed E-state index contributed by atoms with van der Waals surface area (Å²) in [5.74, 6) is -0.171. The van der Waals surface area contributed by atoms with E-state index in [2.05, 4.69) is 17.2 Å². The van der Waals surface area contributed by atoms with Crippen molar-refractivity contribution in [1.29, 1.82) is 0 Å². The third kappa shape index (κ3) is 3.15. The third-order valence-electron chi connectivity index (χ3n) is 3.23. The van der Waals surface area contributed by atoms with E-state index in [1.54, 1.807) is 18.3 Å². The highest BCUT2D eigenvalue weighted by molar-refractivity contribution is 5.99. The van der Waals surface area contributed by atoms with Crippen LogP contribution in [0.5, 0.6) is 0 Å². The molecule has 0 fully saturated rings. The molecule has 2 rings (SSSR count). The van der Waals surface area contributed by atoms with E-state index >= 15 is 0 Å². The number of benzene rings is 1. The van der Waals surface area contributed by atoms with E-state index in [1.165, 1.54) is 0 Å². The van der Waals surface area contributed by atoms with Crippen molar-refractivity contribution in [2.45, 2.75) is 26.8 Å². The van der Waals surface area contributed by atoms with Crippen molar-refractivity contribution in [2.75, 3.05) is 5.73 Å². The van der Waals surface area contributed by atoms with E-state index in [0.29, 0.717) is 17.8 Å². The molecule has 2 aromatic rings. The van der Waals surface area contributed by atoms with Crippen LogP contribution in [0.4, 0.5) is 5.69 Å². The number of hydrogen-bond acceptors (Lipinski definition) is 3. The number of aryl methyl sites for hydroxylation is 2. The van der Waals surface area contributed by atoms with Gasteiger partial charge in [-0.15, -0.1) is 0 Å². The van der Waals surface area contributed by atoms with Gasteiger partial charge in [-0.2, -0.15) is 0 Å². The molecule has 0 unspecified atom stereocenters. The number of aromatic nitrogens is 1. The van der Waals surface area contributed by atoms with E-state index in [4.69, 9.17) is 5.73 Å². The lowest BCUT2D eigenvalue weighted by atomic mass is 10.1. The van der Waals surface area contributed by atoms with Crippen molar-refractivity contribution in [3.05, 3.63) is 58.9 Å². The first-order valence-electron chi connectivity index (χ1n) is 6.69. The zero-order chi connectivity index (χ0) is 14.5. The van der Waals surface area contributed by atoms with Gasteiger partial charge in [-0.1, -0.05) is 19.1 Å². The predicted molar refractivity (Wildman–Crippen MR) is 80.4 cm³/mol. The van der Waals surface area contributed by atoms with Crippen molar-refractivity contribution in [2.24, 2.45) is 0 Å². The largest absolute Gasteiger partial charge is 0.398 e. The van der Waals surface area contributed by atoms with Gasteiger partial charge in [-0.3, -0.25) is 9.78 Å². The molecular formula is C16H19N3O. The van der Waals surface area contributed by atoms with Crippen molar-refractivity contribution in [1.82, 2.24) is 10.3 Å². The monoisotopic (exact) mass is 269 g/mol. The minimum atomic E-state index is -0.171. The molecule has 4 heteroatoms. The Bertz CT molecular complexity index is 623. The second-order valence-corrected chi connectivity index (χ2v) is 4.74. The molecule has 104 valence electrons. The highest BCUT2D eigenvalue weighted by Crippen LogP contribution is 2.14. The number of nitrogens with one attached hydrogen (secondary N) is 1. The van der Waals surface area contributed by atoms with Crippen LogP contribution in [-0.2, 0) is 13.0 Å². The molecule has 3 N–H and O–H groups in total. The number of nitrogens with two attached hydrogens (primary N) is 1. The molecule has 0 spiro atoms. The van der Waals surface area contributed by atoms with Crippen LogP contribution >= 0.6 is 0 Å². The number of rotatable bonds is 4. The minimum absolute atomic E-state index is 0.171. The third-order valence-corrected chi connectivity index (χ3v) is 3.23. The van der Waals surface area contributed by atoms with Gasteiger partial charge >= 0.3 is 0 Å². The highest BCUT2D eigenvalue weighted by atomic mass is 16.1. The summed E-state index contributed by atoms with van der Waals surface area (Å²) in [4.78, 5) is 16.4. The van der Waals surface area contributed by atoms with Crippen LogP contribution in [0.1, 0.15) is 34.1 Å². The van der Waals surface area contributed by atoms with E-state index in [9.17, 15) is 4.79 Å². The summed E-state index contributed by atoms with van der Waals surface area (Å²) in [7, 11) is 0. The Balaban J connectivity index is 2.09. The molecule has 1 aromatic heterocycles. The Labute approximate surface area is 119 Å². The zero-order valence-corrected chi connectivity index (χ0v) is 11.8. The molecule has 0 bridgehead atoms. The molecule has 0 radical (unpaired) electrons. The van der Waals surface area contributed by atoms with Crippen molar-refractivity contribution >= 4 is 11.6 Å². The maximum atomic E-state index is 12.1. The van der Waals surface area contributed by atoms with Crippen LogP contribution in [0, 0.1) is 6.92 Å². The van der Waals surface area contributed by atoms with Gasteiger partial charge in [0.05, 0.1) is 17.8 Å². The maximum Gasteiger partial charge on any atom is 0.253 e. The first kappa shape index (κ1) is 14.1. The standard InChI is InChI=1S/C16H19N3O/c1-3-12-5-4-8-18-15(12)10-19-16(20)13-7-6-11(2)9-14(13)17/h4-9H,3,10,17H2,1-2H3,(H,19,20). The van der Waals surface area contributed by atoms with Crippen LogP contribution in [0.3, 0.4) is 0 Å². The summed E-state index contributed by atoms with van der Waals surface area (Å²) in [6.07, 6.45) is 2.63. The van der Waals surface area contributed by atoms with Gasteiger partial charge < -0.3 is 11.1 Å². The molecule has 0 aliphatic rings. The fraction of sp³-hybridized carbons (Fsp3) is 0.250. The normalized spacial score (nSPS) is 10.3. The molecule has 1 aromatic carbocycles. The highest BCUT2D eigenvalue weighted by Gasteiger charge is 2.10. The number of nitrogens with zero attached hydrogens (tertiary/aromatic N) is 1. The smallest absolute Gasteiger partial charge is 0.253 e. The quantitative estimate of drug-likeness (QED) is 0.838. The van der Waals surface area contributed by atoms with Crippen LogP contribution in [0.25, 0.3) is 0 Å². The van der Waals surface area contributed by atoms with Gasteiger partial charge in [0, 0.05) is 11.9 Å². The topological polar surface area (TPSA) is 68.0 Å². The average molecular weight is 269 g/mol. The zero-order valence-electron chi connectivity index (χ0n) is 11.8. The van der Waals surface area contributed by atoms with Crippen LogP contribution in [-0.4, -0.2) is 10.9 Å². The Morgan fingerprint density at radius 2 is 2.15 bits per heavy atom. The maximum absolute atomic E-state index is 12.1. The van der Waals surface area contributed by atoms with Gasteiger partial charge in [0.15, 0.2) is 0 Å². The number of carbonyl (C=O) groups is 1. The number of pyridine rings is 1. The van der Waals surface area contributed by atoms with Crippen molar-refractivity contribution < 1.29 is 4.79 Å². The molecule has 20 heavy (non-hydrogen) atoms. The van der Waals surface area contributed by atoms with E-state index < -0.39 is 0 Å². The number of carbonyl (C=O) groups excluding carboxylic acids is 1. The fourth-order valence-electron chi connectivity index (χ4n) is 2.10. The molecule has 0 atom stereocenters. The molecule has 4 nitrogen and oxygen atoms in total. The van der Waals surface area contributed by atoms with Gasteiger partial charge in [0.2, 0.25) is 0 Å². The summed E-state index contributed by atoms with van der Waals surface area (Å²) < 4.78 is 0. The SMILES string of the molecule is CCc1cccnc1CNC(=O)c1ccc(C)cc1N. The first-order chi connectivity index (χ1) is 9.61.